The van der Waals surface area contributed by atoms with Crippen LogP contribution >= 0.6 is 0 Å². The van der Waals surface area contributed by atoms with Crippen molar-refractivity contribution in [1.29, 1.82) is 0 Å². The number of hydrogen-bond donors (Lipinski definition) is 9. The Kier molecular flexibility index (Phi) is 30.6. The number of aliphatic hydroxyl groups excluding tert-OH is 3. The van der Waals surface area contributed by atoms with E-state index in [1.807, 2.05) is 0 Å². The molecule has 0 aromatic carbocycles. The number of carboxylic acid groups (broad SMARTS) is 3. The first-order valence-corrected chi connectivity index (χ1v) is 5.39. The lowest BCUT2D eigenvalue weighted by Gasteiger charge is -1.72. The molecule has 0 saturated heterocycles. The number of aliphatic carboxylic acids is 3. The maximum absolute atomic E-state index is 9.12. The Hall–Kier alpha value is -1.88. The molecule has 11 N–H and O–H groups in total. The molecule has 0 radical (unpaired) electrons. The van der Waals surface area contributed by atoms with E-state index in [4.69, 9.17) is 62.5 Å². The molecule has 14 nitrogen and oxygen atoms in total. The van der Waals surface area contributed by atoms with Crippen LogP contribution in [0.15, 0.2) is 0 Å². The van der Waals surface area contributed by atoms with Gasteiger partial charge in [-0.25, -0.2) is 14.4 Å². The highest BCUT2D eigenvalue weighted by Crippen LogP contribution is 1.59. The molecule has 0 spiro atoms. The van der Waals surface area contributed by atoms with Gasteiger partial charge in [0.2, 0.25) is 0 Å². The first kappa shape index (κ1) is 31.5. The molecule has 0 fully saturated rings. The van der Waals surface area contributed by atoms with E-state index < -0.39 is 48.1 Å². The number of hydrogen-bond acceptors (Lipinski definition) is 9. The minimum Gasteiger partial charge on any atom is -0.480 e. The fourth-order valence-electron chi connectivity index (χ4n) is 0. The lowest BCUT2D eigenvalue weighted by molar-refractivity contribution is -0.141. The smallest absolute Gasteiger partial charge is 0.394 e. The molecule has 0 aromatic rings. The van der Waals surface area contributed by atoms with E-state index in [2.05, 4.69) is 0 Å². The predicted molar refractivity (Wildman–Crippen MR) is 63.4 cm³/mol. The summed E-state index contributed by atoms with van der Waals surface area (Å²) >= 11 is 0. The average Bonchev–Trinajstić information content (AvgIpc) is 2.28. The zero-order chi connectivity index (χ0) is 17.4. The Morgan fingerprint density at radius 1 is 0.667 bits per heavy atom. The van der Waals surface area contributed by atoms with Crippen molar-refractivity contribution in [2.24, 2.45) is 0 Å². The lowest BCUT2D eigenvalue weighted by atomic mass is 10.8. The molecule has 0 aromatic heterocycles. The lowest BCUT2D eigenvalue weighted by Crippen LogP contribution is -1.98. The highest BCUT2D eigenvalue weighted by Gasteiger charge is 1.85. The molecule has 0 aliphatic rings. The summed E-state index contributed by atoms with van der Waals surface area (Å²) in [5, 5.41) is 45.0. The van der Waals surface area contributed by atoms with Crippen LogP contribution in [0.5, 0.6) is 0 Å². The summed E-state index contributed by atoms with van der Waals surface area (Å²) < 4.78 is 31.6. The molecule has 0 saturated carbocycles. The molecule has 0 aliphatic heterocycles. The van der Waals surface area contributed by atoms with Gasteiger partial charge in [0.1, 0.15) is 19.8 Å². The average molecular weight is 343 g/mol. The van der Waals surface area contributed by atoms with Crippen LogP contribution in [-0.2, 0) is 24.8 Å². The molecule has 0 amide bonds. The summed E-state index contributed by atoms with van der Waals surface area (Å²) in [6, 6.07) is 0. The standard InChI is InChI=1S/3C2H4O3.H3N.H2O4S/c3*3-1-2(4)5;;1-5(2,3)4/h3*3H,1H2,(H,4,5);1H3;(H2,1,2,3,4). The Morgan fingerprint density at radius 2 is 0.714 bits per heavy atom. The third-order valence-electron chi connectivity index (χ3n) is 0.406. The molecule has 0 unspecified atom stereocenters. The topological polar surface area (TPSA) is 282 Å². The molecule has 130 valence electrons. The number of rotatable bonds is 3. The quantitative estimate of drug-likeness (QED) is 0.227. The van der Waals surface area contributed by atoms with Crippen LogP contribution in [0.2, 0.25) is 0 Å². The van der Waals surface area contributed by atoms with Gasteiger partial charge in [-0.05, 0) is 0 Å². The number of carbonyl (C=O) groups is 3. The second-order valence-corrected chi connectivity index (χ2v) is 3.00. The maximum Gasteiger partial charge on any atom is 0.394 e. The second kappa shape index (κ2) is 20.4. The molecule has 15 heteroatoms. The highest BCUT2D eigenvalue weighted by atomic mass is 32.3. The monoisotopic (exact) mass is 343 g/mol. The fourth-order valence-corrected chi connectivity index (χ4v) is 0. The van der Waals surface area contributed by atoms with E-state index in [0.29, 0.717) is 0 Å². The van der Waals surface area contributed by atoms with Crippen molar-refractivity contribution in [3.63, 3.8) is 0 Å². The van der Waals surface area contributed by atoms with Crippen LogP contribution in [-0.4, -0.2) is 85.9 Å². The summed E-state index contributed by atoms with van der Waals surface area (Å²) in [5.41, 5.74) is 0. The zero-order valence-electron chi connectivity index (χ0n) is 10.4. The molecule has 21 heavy (non-hydrogen) atoms. The fraction of sp³-hybridized carbons (Fsp3) is 0.500. The Balaban J connectivity index is -0.0000000533. The number of carboxylic acids is 3. The summed E-state index contributed by atoms with van der Waals surface area (Å²) in [7, 11) is -4.67. The molecule has 0 rings (SSSR count). The van der Waals surface area contributed by atoms with Gasteiger partial charge < -0.3 is 36.8 Å². The normalized spacial score (nSPS) is 8.05. The van der Waals surface area contributed by atoms with E-state index in [1.165, 1.54) is 0 Å². The maximum atomic E-state index is 9.12. The van der Waals surface area contributed by atoms with Crippen molar-refractivity contribution in [2.75, 3.05) is 19.8 Å². The van der Waals surface area contributed by atoms with Crippen molar-refractivity contribution in [3.8, 4) is 0 Å². The van der Waals surface area contributed by atoms with Gasteiger partial charge in [0.05, 0.1) is 0 Å². The van der Waals surface area contributed by atoms with Crippen LogP contribution in [0.4, 0.5) is 0 Å². The van der Waals surface area contributed by atoms with Crippen molar-refractivity contribution < 1.29 is 62.5 Å². The van der Waals surface area contributed by atoms with Gasteiger partial charge in [0.25, 0.3) is 0 Å². The molecule has 0 atom stereocenters. The minimum atomic E-state index is -4.67. The van der Waals surface area contributed by atoms with Gasteiger partial charge in [-0.1, -0.05) is 0 Å². The Labute approximate surface area is 118 Å². The predicted octanol–water partition coefficient (Wildman–Crippen LogP) is -3.30. The molecular weight excluding hydrogens is 326 g/mol. The summed E-state index contributed by atoms with van der Waals surface area (Å²) in [4.78, 5) is 27.4. The third kappa shape index (κ3) is 277. The Bertz CT molecular complexity index is 322. The first-order chi connectivity index (χ1) is 8.81. The van der Waals surface area contributed by atoms with E-state index in [1.54, 1.807) is 0 Å². The minimum absolute atomic E-state index is 0. The largest absolute Gasteiger partial charge is 0.480 e. The van der Waals surface area contributed by atoms with Gasteiger partial charge in [0, 0.05) is 0 Å². The van der Waals surface area contributed by atoms with E-state index >= 15 is 0 Å². The van der Waals surface area contributed by atoms with Crippen LogP contribution in [0, 0.1) is 0 Å². The summed E-state index contributed by atoms with van der Waals surface area (Å²) in [6.07, 6.45) is 0. The van der Waals surface area contributed by atoms with Crippen LogP contribution < -0.4 is 6.15 Å². The molecular formula is C6H17NO13S. The van der Waals surface area contributed by atoms with E-state index in [-0.39, 0.29) is 6.15 Å². The van der Waals surface area contributed by atoms with Crippen molar-refractivity contribution in [2.45, 2.75) is 0 Å². The van der Waals surface area contributed by atoms with Gasteiger partial charge in [0.15, 0.2) is 0 Å². The number of aliphatic hydroxyl groups is 3. The van der Waals surface area contributed by atoms with Gasteiger partial charge in [-0.2, -0.15) is 8.42 Å². The molecule has 0 heterocycles. The van der Waals surface area contributed by atoms with Crippen molar-refractivity contribution in [3.05, 3.63) is 0 Å². The van der Waals surface area contributed by atoms with Gasteiger partial charge in [-0.15, -0.1) is 0 Å². The zero-order valence-corrected chi connectivity index (χ0v) is 11.2. The SMILES string of the molecule is N.O=C(O)CO.O=C(O)CO.O=C(O)CO.O=S(=O)(O)O. The van der Waals surface area contributed by atoms with Crippen LogP contribution in [0.3, 0.4) is 0 Å². The van der Waals surface area contributed by atoms with Gasteiger partial charge in [-0.3, -0.25) is 9.11 Å². The molecule has 0 aliphatic carbocycles. The van der Waals surface area contributed by atoms with Crippen LogP contribution in [0.1, 0.15) is 0 Å². The molecule has 0 bridgehead atoms. The van der Waals surface area contributed by atoms with Crippen molar-refractivity contribution >= 4 is 28.3 Å². The van der Waals surface area contributed by atoms with Gasteiger partial charge >= 0.3 is 28.3 Å². The van der Waals surface area contributed by atoms with Crippen molar-refractivity contribution in [1.82, 2.24) is 6.15 Å². The highest BCUT2D eigenvalue weighted by molar-refractivity contribution is 7.79. The third-order valence-corrected chi connectivity index (χ3v) is 0.406. The summed E-state index contributed by atoms with van der Waals surface area (Å²) in [5.74, 6) is -3.57. The second-order valence-electron chi connectivity index (χ2n) is 2.10. The summed E-state index contributed by atoms with van der Waals surface area (Å²) in [6.45, 7) is -2.33. The first-order valence-electron chi connectivity index (χ1n) is 3.99. The van der Waals surface area contributed by atoms with E-state index in [9.17, 15) is 0 Å². The van der Waals surface area contributed by atoms with E-state index in [0.717, 1.165) is 0 Å². The van der Waals surface area contributed by atoms with Crippen LogP contribution in [0.25, 0.3) is 0 Å². The Morgan fingerprint density at radius 3 is 0.714 bits per heavy atom.